The summed E-state index contributed by atoms with van der Waals surface area (Å²) in [6, 6.07) is 0. The summed E-state index contributed by atoms with van der Waals surface area (Å²) in [6.45, 7) is 0. The fourth-order valence-corrected chi connectivity index (χ4v) is 0.990. The van der Waals surface area contributed by atoms with Gasteiger partial charge in [0, 0.05) is 11.6 Å². The molecule has 0 unspecified atom stereocenters. The maximum Gasteiger partial charge on any atom is 0.126 e. The van der Waals surface area contributed by atoms with Crippen LogP contribution in [0.5, 0.6) is 0 Å². The monoisotopic (exact) mass is 127 g/mol. The lowest BCUT2D eigenvalue weighted by Crippen LogP contribution is -1.80. The second-order valence-corrected chi connectivity index (χ2v) is 2.28. The average molecular weight is 127 g/mol. The highest BCUT2D eigenvalue weighted by Gasteiger charge is 1.89. The maximum atomic E-state index is 9.84. The average Bonchev–Trinajstić information content (AvgIpc) is 2.19. The highest BCUT2D eigenvalue weighted by molar-refractivity contribution is 7.09. The number of carbonyl (C=O) groups is 1. The predicted octanol–water partition coefficient (Wildman–Crippen LogP) is 0.885. The van der Waals surface area contributed by atoms with E-state index in [1.54, 1.807) is 6.20 Å². The summed E-state index contributed by atoms with van der Waals surface area (Å²) in [5.74, 6) is 0. The topological polar surface area (TPSA) is 30.0 Å². The molecule has 1 heterocycles. The Bertz CT molecular complexity index is 159. The molecule has 42 valence electrons. The molecule has 1 aromatic heterocycles. The van der Waals surface area contributed by atoms with Gasteiger partial charge in [-0.15, -0.1) is 11.3 Å². The van der Waals surface area contributed by atoms with Crippen molar-refractivity contribution in [2.75, 3.05) is 0 Å². The van der Waals surface area contributed by atoms with Gasteiger partial charge in [0.15, 0.2) is 0 Å². The van der Waals surface area contributed by atoms with Crippen molar-refractivity contribution in [3.63, 3.8) is 0 Å². The molecular weight excluding hydrogens is 122 g/mol. The summed E-state index contributed by atoms with van der Waals surface area (Å²) < 4.78 is 0. The molecule has 0 fully saturated rings. The van der Waals surface area contributed by atoms with Crippen LogP contribution < -0.4 is 0 Å². The van der Waals surface area contributed by atoms with E-state index >= 15 is 0 Å². The van der Waals surface area contributed by atoms with E-state index in [1.807, 2.05) is 5.38 Å². The van der Waals surface area contributed by atoms with Crippen LogP contribution in [0.1, 0.15) is 5.01 Å². The molecule has 2 nitrogen and oxygen atoms in total. The Morgan fingerprint density at radius 2 is 2.75 bits per heavy atom. The van der Waals surface area contributed by atoms with E-state index in [1.165, 1.54) is 11.3 Å². The lowest BCUT2D eigenvalue weighted by Gasteiger charge is -1.76. The van der Waals surface area contributed by atoms with Gasteiger partial charge in [-0.1, -0.05) is 0 Å². The van der Waals surface area contributed by atoms with Crippen molar-refractivity contribution in [3.05, 3.63) is 16.6 Å². The first-order valence-electron chi connectivity index (χ1n) is 2.25. The molecule has 0 aliphatic rings. The van der Waals surface area contributed by atoms with Crippen molar-refractivity contribution in [1.29, 1.82) is 0 Å². The van der Waals surface area contributed by atoms with Crippen LogP contribution in [0.3, 0.4) is 0 Å². The first-order chi connectivity index (χ1) is 3.93. The number of rotatable bonds is 2. The third kappa shape index (κ3) is 1.13. The largest absolute Gasteiger partial charge is 0.303 e. The van der Waals surface area contributed by atoms with Crippen LogP contribution >= 0.6 is 11.3 Å². The van der Waals surface area contributed by atoms with E-state index in [4.69, 9.17) is 0 Å². The van der Waals surface area contributed by atoms with Gasteiger partial charge in [0.1, 0.15) is 6.29 Å². The summed E-state index contributed by atoms with van der Waals surface area (Å²) in [4.78, 5) is 13.7. The SMILES string of the molecule is O=CCc1nccs1. The Morgan fingerprint density at radius 3 is 3.25 bits per heavy atom. The Labute approximate surface area is 51.2 Å². The molecule has 1 rings (SSSR count). The summed E-state index contributed by atoms with van der Waals surface area (Å²) in [6.07, 6.45) is 3.01. The normalized spacial score (nSPS) is 9.00. The van der Waals surface area contributed by atoms with Gasteiger partial charge in [-0.2, -0.15) is 0 Å². The molecule has 8 heavy (non-hydrogen) atoms. The van der Waals surface area contributed by atoms with E-state index in [9.17, 15) is 4.79 Å². The van der Waals surface area contributed by atoms with E-state index in [2.05, 4.69) is 4.98 Å². The summed E-state index contributed by atoms with van der Waals surface area (Å²) >= 11 is 1.51. The number of thiazole rings is 1. The zero-order chi connectivity index (χ0) is 5.82. The molecular formula is C5H5NOS. The Kier molecular flexibility index (Phi) is 1.75. The van der Waals surface area contributed by atoms with Crippen molar-refractivity contribution in [2.45, 2.75) is 6.42 Å². The number of aldehydes is 1. The van der Waals surface area contributed by atoms with Gasteiger partial charge in [-0.25, -0.2) is 4.98 Å². The van der Waals surface area contributed by atoms with Gasteiger partial charge in [-0.05, 0) is 0 Å². The second kappa shape index (κ2) is 2.57. The molecule has 0 atom stereocenters. The predicted molar refractivity (Wildman–Crippen MR) is 31.9 cm³/mol. The summed E-state index contributed by atoms with van der Waals surface area (Å²) in [7, 11) is 0. The smallest absolute Gasteiger partial charge is 0.126 e. The van der Waals surface area contributed by atoms with Crippen molar-refractivity contribution in [3.8, 4) is 0 Å². The van der Waals surface area contributed by atoms with Crippen molar-refractivity contribution >= 4 is 17.6 Å². The molecule has 0 N–H and O–H groups in total. The van der Waals surface area contributed by atoms with E-state index in [0.29, 0.717) is 6.42 Å². The van der Waals surface area contributed by atoms with Crippen LogP contribution in [0.25, 0.3) is 0 Å². The van der Waals surface area contributed by atoms with E-state index in [0.717, 1.165) is 11.3 Å². The minimum Gasteiger partial charge on any atom is -0.303 e. The Morgan fingerprint density at radius 1 is 1.88 bits per heavy atom. The molecule has 0 bridgehead atoms. The second-order valence-electron chi connectivity index (χ2n) is 1.30. The van der Waals surface area contributed by atoms with Gasteiger partial charge < -0.3 is 4.79 Å². The molecule has 0 amide bonds. The zero-order valence-electron chi connectivity index (χ0n) is 4.20. The Hall–Kier alpha value is -0.700. The minimum atomic E-state index is 0.456. The maximum absolute atomic E-state index is 9.84. The number of nitrogens with zero attached hydrogens (tertiary/aromatic N) is 1. The molecule has 1 aromatic rings. The molecule has 3 heteroatoms. The number of aromatic nitrogens is 1. The molecule has 0 aliphatic heterocycles. The van der Waals surface area contributed by atoms with Crippen LogP contribution in [-0.4, -0.2) is 11.3 Å². The standard InChI is InChI=1S/C5H5NOS/c7-3-1-5-6-2-4-8-5/h2-4H,1H2. The van der Waals surface area contributed by atoms with Crippen LogP contribution in [0.4, 0.5) is 0 Å². The number of hydrogen-bond acceptors (Lipinski definition) is 3. The minimum absolute atomic E-state index is 0.456. The van der Waals surface area contributed by atoms with Crippen LogP contribution in [0.15, 0.2) is 11.6 Å². The first-order valence-corrected chi connectivity index (χ1v) is 3.13. The van der Waals surface area contributed by atoms with E-state index < -0.39 is 0 Å². The van der Waals surface area contributed by atoms with Crippen LogP contribution in [0.2, 0.25) is 0 Å². The molecule has 0 saturated heterocycles. The van der Waals surface area contributed by atoms with Gasteiger partial charge in [0.05, 0.1) is 11.4 Å². The van der Waals surface area contributed by atoms with Gasteiger partial charge in [-0.3, -0.25) is 0 Å². The molecule has 0 radical (unpaired) electrons. The molecule has 0 spiro atoms. The fraction of sp³-hybridized carbons (Fsp3) is 0.200. The van der Waals surface area contributed by atoms with Gasteiger partial charge in [0.2, 0.25) is 0 Å². The van der Waals surface area contributed by atoms with Crippen molar-refractivity contribution in [1.82, 2.24) is 4.98 Å². The quantitative estimate of drug-likeness (QED) is 0.552. The summed E-state index contributed by atoms with van der Waals surface area (Å²) in [5, 5.41) is 2.75. The highest BCUT2D eigenvalue weighted by atomic mass is 32.1. The van der Waals surface area contributed by atoms with Gasteiger partial charge in [0.25, 0.3) is 0 Å². The van der Waals surface area contributed by atoms with E-state index in [-0.39, 0.29) is 0 Å². The Balaban J connectivity index is 2.62. The molecule has 0 aliphatic carbocycles. The van der Waals surface area contributed by atoms with Crippen molar-refractivity contribution < 1.29 is 4.79 Å². The van der Waals surface area contributed by atoms with Crippen LogP contribution in [-0.2, 0) is 11.2 Å². The molecule has 0 saturated carbocycles. The number of carbonyl (C=O) groups excluding carboxylic acids is 1. The third-order valence-electron chi connectivity index (χ3n) is 0.741. The van der Waals surface area contributed by atoms with Crippen LogP contribution in [0, 0.1) is 0 Å². The first kappa shape index (κ1) is 5.44. The third-order valence-corrected chi connectivity index (χ3v) is 1.54. The number of hydrogen-bond donors (Lipinski definition) is 0. The zero-order valence-corrected chi connectivity index (χ0v) is 5.02. The fourth-order valence-electron chi connectivity index (χ4n) is 0.425. The highest BCUT2D eigenvalue weighted by Crippen LogP contribution is 2.01. The van der Waals surface area contributed by atoms with Gasteiger partial charge >= 0.3 is 0 Å². The lowest BCUT2D eigenvalue weighted by molar-refractivity contribution is -0.107. The van der Waals surface area contributed by atoms with Crippen molar-refractivity contribution in [2.24, 2.45) is 0 Å². The lowest BCUT2D eigenvalue weighted by atomic mass is 10.5. The summed E-state index contributed by atoms with van der Waals surface area (Å²) in [5.41, 5.74) is 0. The molecule has 0 aromatic carbocycles.